The van der Waals surface area contributed by atoms with E-state index in [0.717, 1.165) is 18.4 Å². The molecule has 1 atom stereocenters. The van der Waals surface area contributed by atoms with Crippen molar-refractivity contribution in [3.05, 3.63) is 60.5 Å². The van der Waals surface area contributed by atoms with Crippen molar-refractivity contribution in [3.63, 3.8) is 0 Å². The van der Waals surface area contributed by atoms with Crippen molar-refractivity contribution in [2.24, 2.45) is 0 Å². The number of aliphatic hydroxyl groups is 1. The first-order valence-corrected chi connectivity index (χ1v) is 11.9. The van der Waals surface area contributed by atoms with E-state index in [2.05, 4.69) is 25.5 Å². The number of nitrogen functional groups attached to an aromatic ring is 1. The summed E-state index contributed by atoms with van der Waals surface area (Å²) in [5.74, 6) is 0.779. The molecule has 1 aromatic carbocycles. The van der Waals surface area contributed by atoms with Crippen LogP contribution >= 0.6 is 0 Å². The van der Waals surface area contributed by atoms with E-state index in [1.807, 2.05) is 37.3 Å². The number of carbonyl (C=O) groups excluding carboxylic acids is 1. The SMILES string of the molecule is C[C@](C(=O)N[C@H]1CC[C@H](O)CC1)(c1ccccc1)n1ncc2c1nc(N)n1nc(-c3ccco3)nc21. The first-order chi connectivity index (χ1) is 17.4. The Labute approximate surface area is 205 Å². The molecule has 1 amide bonds. The standard InChI is InChI=1S/C25H26N8O3/c1-25(15-6-3-2-4-7-15,23(35)28-16-9-11-17(34)12-10-16)33-22-18(14-27-33)21-29-20(19-8-5-13-36-19)31-32(21)24(26)30-22/h2-8,13-14,16-17,34H,9-12H2,1H3,(H2,26,30)(H,28,35)/t16-,17-,25-/m1/s1. The third kappa shape index (κ3) is 3.51. The molecule has 0 unspecified atom stereocenters. The van der Waals surface area contributed by atoms with Gasteiger partial charge in [-0.25, -0.2) is 9.67 Å². The van der Waals surface area contributed by atoms with Crippen LogP contribution in [0.15, 0.2) is 59.3 Å². The summed E-state index contributed by atoms with van der Waals surface area (Å²) >= 11 is 0. The molecule has 1 aliphatic carbocycles. The molecular weight excluding hydrogens is 460 g/mol. The Morgan fingerprint density at radius 2 is 1.89 bits per heavy atom. The highest BCUT2D eigenvalue weighted by atomic mass is 16.3. The topological polar surface area (TPSA) is 149 Å². The van der Waals surface area contributed by atoms with Gasteiger partial charge in [-0.15, -0.1) is 5.10 Å². The molecule has 1 aliphatic rings. The molecule has 1 fully saturated rings. The van der Waals surface area contributed by atoms with Crippen molar-refractivity contribution < 1.29 is 14.3 Å². The first kappa shape index (κ1) is 22.2. The van der Waals surface area contributed by atoms with E-state index in [0.29, 0.717) is 41.1 Å². The van der Waals surface area contributed by atoms with Gasteiger partial charge in [0.1, 0.15) is 0 Å². The number of anilines is 1. The number of fused-ring (bicyclic) bond motifs is 3. The molecule has 184 valence electrons. The Hall–Kier alpha value is -4.25. The smallest absolute Gasteiger partial charge is 0.252 e. The molecule has 1 saturated carbocycles. The average Bonchev–Trinajstić information content (AvgIpc) is 3.65. The number of aliphatic hydroxyl groups excluding tert-OH is 1. The predicted octanol–water partition coefficient (Wildman–Crippen LogP) is 2.50. The van der Waals surface area contributed by atoms with E-state index in [1.165, 1.54) is 4.52 Å². The molecule has 4 aromatic heterocycles. The third-order valence-corrected chi connectivity index (χ3v) is 7.00. The van der Waals surface area contributed by atoms with Gasteiger partial charge in [0.2, 0.25) is 11.8 Å². The lowest BCUT2D eigenvalue weighted by Gasteiger charge is -2.33. The maximum Gasteiger partial charge on any atom is 0.252 e. The number of nitrogens with two attached hydrogens (primary N) is 1. The van der Waals surface area contributed by atoms with Crippen LogP contribution in [-0.2, 0) is 10.3 Å². The molecule has 11 nitrogen and oxygen atoms in total. The van der Waals surface area contributed by atoms with Crippen LogP contribution in [0.25, 0.3) is 28.3 Å². The zero-order chi connectivity index (χ0) is 24.9. The largest absolute Gasteiger partial charge is 0.461 e. The molecule has 0 bridgehead atoms. The van der Waals surface area contributed by atoms with Crippen LogP contribution in [0.3, 0.4) is 0 Å². The van der Waals surface area contributed by atoms with Crippen LogP contribution in [0.5, 0.6) is 0 Å². The highest BCUT2D eigenvalue weighted by molar-refractivity contribution is 5.94. The van der Waals surface area contributed by atoms with Gasteiger partial charge in [-0.05, 0) is 50.3 Å². The monoisotopic (exact) mass is 486 g/mol. The minimum atomic E-state index is -1.22. The fourth-order valence-corrected chi connectivity index (χ4v) is 4.91. The number of amides is 1. The second-order valence-electron chi connectivity index (χ2n) is 9.33. The molecule has 6 rings (SSSR count). The molecule has 11 heteroatoms. The fraction of sp³-hybridized carbons (Fsp3) is 0.320. The van der Waals surface area contributed by atoms with E-state index >= 15 is 0 Å². The lowest BCUT2D eigenvalue weighted by atomic mass is 9.88. The number of hydrogen-bond donors (Lipinski definition) is 3. The van der Waals surface area contributed by atoms with Crippen molar-refractivity contribution in [1.82, 2.24) is 34.7 Å². The predicted molar refractivity (Wildman–Crippen MR) is 132 cm³/mol. The average molecular weight is 487 g/mol. The summed E-state index contributed by atoms with van der Waals surface area (Å²) in [5, 5.41) is 22.7. The minimum Gasteiger partial charge on any atom is -0.461 e. The fourth-order valence-electron chi connectivity index (χ4n) is 4.91. The zero-order valence-electron chi connectivity index (χ0n) is 19.7. The summed E-state index contributed by atoms with van der Waals surface area (Å²) in [6, 6.07) is 13.0. The van der Waals surface area contributed by atoms with Gasteiger partial charge in [-0.3, -0.25) is 4.79 Å². The van der Waals surface area contributed by atoms with Crippen LogP contribution in [0.2, 0.25) is 0 Å². The number of nitrogens with one attached hydrogen (secondary N) is 1. The summed E-state index contributed by atoms with van der Waals surface area (Å²) in [7, 11) is 0. The van der Waals surface area contributed by atoms with Gasteiger partial charge in [-0.2, -0.15) is 14.6 Å². The maximum absolute atomic E-state index is 13.9. The van der Waals surface area contributed by atoms with Gasteiger partial charge in [0.15, 0.2) is 22.6 Å². The van der Waals surface area contributed by atoms with Crippen LogP contribution < -0.4 is 11.1 Å². The van der Waals surface area contributed by atoms with Crippen molar-refractivity contribution >= 4 is 28.5 Å². The molecular formula is C25H26N8O3. The van der Waals surface area contributed by atoms with Gasteiger partial charge in [-0.1, -0.05) is 30.3 Å². The minimum absolute atomic E-state index is 0.0251. The van der Waals surface area contributed by atoms with Gasteiger partial charge in [0, 0.05) is 6.04 Å². The Bertz CT molecular complexity index is 1530. The molecule has 36 heavy (non-hydrogen) atoms. The Kier molecular flexibility index (Phi) is 5.22. The van der Waals surface area contributed by atoms with Crippen molar-refractivity contribution in [1.29, 1.82) is 0 Å². The summed E-state index contributed by atoms with van der Waals surface area (Å²) < 4.78 is 8.48. The number of rotatable bonds is 5. The van der Waals surface area contributed by atoms with Crippen LogP contribution in [0.1, 0.15) is 38.2 Å². The normalized spacial score (nSPS) is 19.9. The van der Waals surface area contributed by atoms with E-state index in [4.69, 9.17) is 10.2 Å². The molecule has 4 N–H and O–H groups in total. The van der Waals surface area contributed by atoms with E-state index in [-0.39, 0.29) is 24.0 Å². The molecule has 4 heterocycles. The molecule has 0 spiro atoms. The number of hydrogen-bond acceptors (Lipinski definition) is 8. The van der Waals surface area contributed by atoms with Crippen LogP contribution in [0.4, 0.5) is 5.95 Å². The zero-order valence-corrected chi connectivity index (χ0v) is 19.7. The van der Waals surface area contributed by atoms with E-state index < -0.39 is 5.54 Å². The first-order valence-electron chi connectivity index (χ1n) is 11.9. The lowest BCUT2D eigenvalue weighted by molar-refractivity contribution is -0.128. The quantitative estimate of drug-likeness (QED) is 0.343. The number of benzene rings is 1. The number of aromatic nitrogens is 6. The van der Waals surface area contributed by atoms with Gasteiger partial charge in [0.25, 0.3) is 5.91 Å². The molecule has 0 aliphatic heterocycles. The van der Waals surface area contributed by atoms with Crippen LogP contribution in [0, 0.1) is 0 Å². The van der Waals surface area contributed by atoms with Crippen molar-refractivity contribution in [3.8, 4) is 11.6 Å². The third-order valence-electron chi connectivity index (χ3n) is 7.00. The Balaban J connectivity index is 1.48. The van der Waals surface area contributed by atoms with Crippen molar-refractivity contribution in [2.75, 3.05) is 5.73 Å². The summed E-state index contributed by atoms with van der Waals surface area (Å²) in [5.41, 5.74) is 6.70. The van der Waals surface area contributed by atoms with Gasteiger partial charge < -0.3 is 20.6 Å². The Morgan fingerprint density at radius 1 is 1.11 bits per heavy atom. The van der Waals surface area contributed by atoms with Gasteiger partial charge >= 0.3 is 0 Å². The van der Waals surface area contributed by atoms with E-state index in [1.54, 1.807) is 29.3 Å². The highest BCUT2D eigenvalue weighted by Gasteiger charge is 2.41. The van der Waals surface area contributed by atoms with Gasteiger partial charge in [0.05, 0.1) is 24.0 Å². The number of nitrogens with zero attached hydrogens (tertiary/aromatic N) is 6. The summed E-state index contributed by atoms with van der Waals surface area (Å²) in [6.07, 6.45) is 5.64. The van der Waals surface area contributed by atoms with Crippen LogP contribution in [-0.4, -0.2) is 52.5 Å². The second kappa shape index (κ2) is 8.45. The molecule has 5 aromatic rings. The summed E-state index contributed by atoms with van der Waals surface area (Å²) in [4.78, 5) is 23.1. The number of furan rings is 1. The lowest BCUT2D eigenvalue weighted by Crippen LogP contribution is -2.52. The number of carbonyl (C=O) groups is 1. The maximum atomic E-state index is 13.9. The molecule has 0 saturated heterocycles. The molecule has 0 radical (unpaired) electrons. The second-order valence-corrected chi connectivity index (χ2v) is 9.33. The van der Waals surface area contributed by atoms with Crippen molar-refractivity contribution in [2.45, 2.75) is 50.3 Å². The Morgan fingerprint density at radius 3 is 2.61 bits per heavy atom. The summed E-state index contributed by atoms with van der Waals surface area (Å²) in [6.45, 7) is 1.82. The van der Waals surface area contributed by atoms with E-state index in [9.17, 15) is 9.90 Å². The highest BCUT2D eigenvalue weighted by Crippen LogP contribution is 2.32.